The molecule has 4 rings (SSSR count). The highest BCUT2D eigenvalue weighted by Crippen LogP contribution is 2.37. The van der Waals surface area contributed by atoms with Crippen molar-refractivity contribution in [3.8, 4) is 0 Å². The number of fused-ring (bicyclic) bond motifs is 1. The van der Waals surface area contributed by atoms with Gasteiger partial charge in [-0.15, -0.1) is 0 Å². The summed E-state index contributed by atoms with van der Waals surface area (Å²) in [6.07, 6.45) is 2.40. The first-order valence-electron chi connectivity index (χ1n) is 10.4. The third-order valence-corrected chi connectivity index (χ3v) is 6.00. The Morgan fingerprint density at radius 1 is 1.11 bits per heavy atom. The van der Waals surface area contributed by atoms with Crippen LogP contribution < -0.4 is 5.32 Å². The topological polar surface area (TPSA) is 45.2 Å². The Morgan fingerprint density at radius 3 is 2.43 bits per heavy atom. The minimum Gasteiger partial charge on any atom is -0.330 e. The monoisotopic (exact) mass is 377 g/mol. The molecule has 2 aliphatic heterocycles. The van der Waals surface area contributed by atoms with Crippen LogP contribution in [0.4, 0.5) is 0 Å². The summed E-state index contributed by atoms with van der Waals surface area (Å²) in [6.45, 7) is 13.2. The Kier molecular flexibility index (Phi) is 4.78. The van der Waals surface area contributed by atoms with Gasteiger partial charge in [0.05, 0.1) is 0 Å². The Labute approximate surface area is 168 Å². The van der Waals surface area contributed by atoms with Crippen LogP contribution in [0, 0.1) is 13.8 Å². The number of pyridine rings is 1. The minimum atomic E-state index is 0.0964. The second-order valence-electron chi connectivity index (χ2n) is 9.40. The zero-order valence-electron chi connectivity index (χ0n) is 17.7. The van der Waals surface area contributed by atoms with Gasteiger partial charge in [-0.1, -0.05) is 32.9 Å². The molecular weight excluding hydrogens is 346 g/mol. The van der Waals surface area contributed by atoms with E-state index in [1.807, 2.05) is 30.9 Å². The smallest absolute Gasteiger partial charge is 0.254 e. The van der Waals surface area contributed by atoms with Gasteiger partial charge in [0.15, 0.2) is 0 Å². The lowest BCUT2D eigenvalue weighted by Crippen LogP contribution is -2.26. The molecule has 0 radical (unpaired) electrons. The summed E-state index contributed by atoms with van der Waals surface area (Å²) in [5.74, 6) is 0.104. The number of amides is 1. The fourth-order valence-corrected chi connectivity index (χ4v) is 4.52. The summed E-state index contributed by atoms with van der Waals surface area (Å²) in [5.41, 5.74) is 8.05. The van der Waals surface area contributed by atoms with Gasteiger partial charge in [-0.3, -0.25) is 9.78 Å². The predicted octanol–water partition coefficient (Wildman–Crippen LogP) is 4.58. The SMILES string of the molecule is Cc1cc(C(=O)N2Cc3cc(C(C)(C)C)cc([C@@H]4CCCN4)c3C2)cc(C)n1. The molecule has 1 aromatic heterocycles. The third-order valence-electron chi connectivity index (χ3n) is 6.00. The largest absolute Gasteiger partial charge is 0.330 e. The van der Waals surface area contributed by atoms with Gasteiger partial charge in [-0.2, -0.15) is 0 Å². The average Bonchev–Trinajstić information content (AvgIpc) is 3.28. The number of hydrogen-bond acceptors (Lipinski definition) is 3. The van der Waals surface area contributed by atoms with Gasteiger partial charge in [0.2, 0.25) is 0 Å². The number of aryl methyl sites for hydroxylation is 2. The molecule has 1 amide bonds. The summed E-state index contributed by atoms with van der Waals surface area (Å²) in [7, 11) is 0. The molecule has 0 bridgehead atoms. The molecule has 4 nitrogen and oxygen atoms in total. The van der Waals surface area contributed by atoms with Crippen LogP contribution in [0.15, 0.2) is 24.3 Å². The zero-order chi connectivity index (χ0) is 20.1. The van der Waals surface area contributed by atoms with E-state index >= 15 is 0 Å². The summed E-state index contributed by atoms with van der Waals surface area (Å²) in [6, 6.07) is 8.92. The zero-order valence-corrected chi connectivity index (χ0v) is 17.7. The maximum Gasteiger partial charge on any atom is 0.254 e. The lowest BCUT2D eigenvalue weighted by molar-refractivity contribution is 0.0750. The summed E-state index contributed by atoms with van der Waals surface area (Å²) < 4.78 is 0. The molecule has 3 heterocycles. The molecule has 1 atom stereocenters. The Morgan fingerprint density at radius 2 is 1.82 bits per heavy atom. The van der Waals surface area contributed by atoms with Crippen molar-refractivity contribution in [2.75, 3.05) is 6.54 Å². The van der Waals surface area contributed by atoms with Crippen molar-refractivity contribution < 1.29 is 4.79 Å². The number of hydrogen-bond donors (Lipinski definition) is 1. The Bertz CT molecular complexity index is 900. The molecule has 0 aliphatic carbocycles. The van der Waals surface area contributed by atoms with Crippen LogP contribution in [0.5, 0.6) is 0 Å². The minimum absolute atomic E-state index is 0.0964. The number of nitrogens with one attached hydrogen (secondary N) is 1. The number of carbonyl (C=O) groups excluding carboxylic acids is 1. The highest BCUT2D eigenvalue weighted by atomic mass is 16.2. The molecule has 4 heteroatoms. The molecule has 1 aromatic carbocycles. The van der Waals surface area contributed by atoms with Crippen LogP contribution in [-0.2, 0) is 18.5 Å². The van der Waals surface area contributed by atoms with E-state index in [9.17, 15) is 4.79 Å². The van der Waals surface area contributed by atoms with Crippen LogP contribution in [0.3, 0.4) is 0 Å². The Hall–Kier alpha value is -2.20. The second-order valence-corrected chi connectivity index (χ2v) is 9.40. The van der Waals surface area contributed by atoms with E-state index in [0.717, 1.165) is 23.5 Å². The quantitative estimate of drug-likeness (QED) is 0.833. The lowest BCUT2D eigenvalue weighted by atomic mass is 9.82. The van der Waals surface area contributed by atoms with Crippen LogP contribution >= 0.6 is 0 Å². The van der Waals surface area contributed by atoms with Gasteiger partial charge in [0, 0.05) is 36.1 Å². The van der Waals surface area contributed by atoms with Gasteiger partial charge in [-0.25, -0.2) is 0 Å². The molecule has 2 aromatic rings. The van der Waals surface area contributed by atoms with E-state index in [-0.39, 0.29) is 11.3 Å². The van der Waals surface area contributed by atoms with Crippen molar-refractivity contribution in [1.82, 2.24) is 15.2 Å². The van der Waals surface area contributed by atoms with E-state index in [1.165, 1.54) is 35.1 Å². The summed E-state index contributed by atoms with van der Waals surface area (Å²) in [4.78, 5) is 19.6. The molecule has 0 spiro atoms. The van der Waals surface area contributed by atoms with E-state index in [4.69, 9.17) is 0 Å². The van der Waals surface area contributed by atoms with Crippen molar-refractivity contribution in [3.63, 3.8) is 0 Å². The molecule has 1 N–H and O–H groups in total. The molecule has 1 saturated heterocycles. The molecular formula is C24H31N3O. The molecule has 28 heavy (non-hydrogen) atoms. The summed E-state index contributed by atoms with van der Waals surface area (Å²) >= 11 is 0. The Balaban J connectivity index is 1.70. The fraction of sp³-hybridized carbons (Fsp3) is 0.500. The van der Waals surface area contributed by atoms with Crippen molar-refractivity contribution in [2.24, 2.45) is 0 Å². The van der Waals surface area contributed by atoms with Crippen molar-refractivity contribution >= 4 is 5.91 Å². The number of nitrogens with zero attached hydrogens (tertiary/aromatic N) is 2. The van der Waals surface area contributed by atoms with Crippen molar-refractivity contribution in [3.05, 3.63) is 63.5 Å². The van der Waals surface area contributed by atoms with Crippen LogP contribution in [0.1, 0.15) is 83.7 Å². The van der Waals surface area contributed by atoms with Gasteiger partial charge in [0.1, 0.15) is 0 Å². The highest BCUT2D eigenvalue weighted by molar-refractivity contribution is 5.94. The van der Waals surface area contributed by atoms with E-state index < -0.39 is 0 Å². The van der Waals surface area contributed by atoms with Crippen molar-refractivity contribution in [1.29, 1.82) is 0 Å². The number of rotatable bonds is 2. The van der Waals surface area contributed by atoms with Crippen molar-refractivity contribution in [2.45, 2.75) is 72.0 Å². The maximum absolute atomic E-state index is 13.2. The average molecular weight is 378 g/mol. The molecule has 1 fully saturated rings. The standard InChI is InChI=1S/C24H31N3O/c1-15-9-17(10-16(2)26-15)23(28)27-13-18-11-19(24(3,4)5)12-20(21(18)14-27)22-7-6-8-25-22/h9-12,22,25H,6-8,13-14H2,1-5H3/t22-/m0/s1. The lowest BCUT2D eigenvalue weighted by Gasteiger charge is -2.24. The first-order chi connectivity index (χ1) is 13.2. The van der Waals surface area contributed by atoms with E-state index in [2.05, 4.69) is 43.2 Å². The number of benzene rings is 1. The predicted molar refractivity (Wildman–Crippen MR) is 112 cm³/mol. The first-order valence-corrected chi connectivity index (χ1v) is 10.4. The van der Waals surface area contributed by atoms with E-state index in [0.29, 0.717) is 19.1 Å². The molecule has 148 valence electrons. The summed E-state index contributed by atoms with van der Waals surface area (Å²) in [5, 5.41) is 3.66. The normalized spacial score (nSPS) is 19.2. The number of carbonyl (C=O) groups is 1. The van der Waals surface area contributed by atoms with Crippen LogP contribution in [-0.4, -0.2) is 22.3 Å². The fourth-order valence-electron chi connectivity index (χ4n) is 4.52. The van der Waals surface area contributed by atoms with Crippen LogP contribution in [0.25, 0.3) is 0 Å². The third kappa shape index (κ3) is 3.58. The second kappa shape index (κ2) is 7.00. The van der Waals surface area contributed by atoms with Gasteiger partial charge >= 0.3 is 0 Å². The highest BCUT2D eigenvalue weighted by Gasteiger charge is 2.31. The molecule has 0 saturated carbocycles. The molecule has 0 unspecified atom stereocenters. The van der Waals surface area contributed by atoms with Gasteiger partial charge < -0.3 is 10.2 Å². The van der Waals surface area contributed by atoms with Gasteiger partial charge in [-0.05, 0) is 73.0 Å². The number of aromatic nitrogens is 1. The maximum atomic E-state index is 13.2. The van der Waals surface area contributed by atoms with Crippen LogP contribution in [0.2, 0.25) is 0 Å². The van der Waals surface area contributed by atoms with Gasteiger partial charge in [0.25, 0.3) is 5.91 Å². The first kappa shape index (κ1) is 19.1. The molecule has 2 aliphatic rings. The van der Waals surface area contributed by atoms with E-state index in [1.54, 1.807) is 0 Å².